The Morgan fingerprint density at radius 3 is 2.71 bits per heavy atom. The summed E-state index contributed by atoms with van der Waals surface area (Å²) >= 11 is 0. The van der Waals surface area contributed by atoms with Gasteiger partial charge >= 0.3 is 6.09 Å². The van der Waals surface area contributed by atoms with E-state index in [1.807, 2.05) is 31.9 Å². The predicted octanol–water partition coefficient (Wildman–Crippen LogP) is 2.89. The molecule has 0 saturated carbocycles. The number of hydrogen-bond donors (Lipinski definition) is 2. The second-order valence-electron chi connectivity index (χ2n) is 7.74. The van der Waals surface area contributed by atoms with Crippen molar-refractivity contribution in [3.63, 3.8) is 0 Å². The number of nitrogens with one attached hydrogen (secondary N) is 2. The van der Waals surface area contributed by atoms with Crippen LogP contribution in [0.1, 0.15) is 51.3 Å². The van der Waals surface area contributed by atoms with Gasteiger partial charge in [-0.15, -0.1) is 0 Å². The van der Waals surface area contributed by atoms with Crippen LogP contribution < -0.4 is 5.32 Å². The van der Waals surface area contributed by atoms with Crippen LogP contribution in [0.5, 0.6) is 0 Å². The van der Waals surface area contributed by atoms with Gasteiger partial charge in [0.2, 0.25) is 0 Å². The number of aromatic nitrogens is 2. The predicted molar refractivity (Wildman–Crippen MR) is 95.0 cm³/mol. The van der Waals surface area contributed by atoms with Gasteiger partial charge in [-0.1, -0.05) is 0 Å². The lowest BCUT2D eigenvalue weighted by Crippen LogP contribution is -2.43. The fraction of sp³-hybridized carbons (Fsp3) is 0.778. The van der Waals surface area contributed by atoms with E-state index in [1.54, 1.807) is 0 Å². The number of H-pyrrole nitrogens is 1. The molecule has 136 valence electrons. The van der Waals surface area contributed by atoms with Gasteiger partial charge in [-0.3, -0.25) is 5.10 Å². The number of amides is 1. The number of rotatable bonds is 6. The molecule has 1 aliphatic rings. The van der Waals surface area contributed by atoms with Crippen molar-refractivity contribution in [3.05, 3.63) is 17.5 Å². The van der Waals surface area contributed by atoms with E-state index in [2.05, 4.69) is 22.4 Å². The SMILES string of the molecule is Cc1[nH]ncc1CCCNCC1CCN(C(=O)OC(C)(C)C)CC1. The Morgan fingerprint density at radius 2 is 2.12 bits per heavy atom. The minimum atomic E-state index is -0.414. The Bertz CT molecular complexity index is 513. The average molecular weight is 336 g/mol. The molecule has 1 saturated heterocycles. The van der Waals surface area contributed by atoms with E-state index in [0.29, 0.717) is 5.92 Å². The summed E-state index contributed by atoms with van der Waals surface area (Å²) in [6.45, 7) is 11.5. The smallest absolute Gasteiger partial charge is 0.410 e. The highest BCUT2D eigenvalue weighted by Crippen LogP contribution is 2.19. The summed E-state index contributed by atoms with van der Waals surface area (Å²) in [6.07, 6.45) is 6.02. The van der Waals surface area contributed by atoms with Gasteiger partial charge in [-0.2, -0.15) is 5.10 Å². The van der Waals surface area contributed by atoms with Gasteiger partial charge in [0.25, 0.3) is 0 Å². The molecule has 24 heavy (non-hydrogen) atoms. The zero-order chi connectivity index (χ0) is 17.6. The van der Waals surface area contributed by atoms with Crippen molar-refractivity contribution >= 4 is 6.09 Å². The molecule has 0 unspecified atom stereocenters. The van der Waals surface area contributed by atoms with Crippen molar-refractivity contribution in [1.82, 2.24) is 20.4 Å². The highest BCUT2D eigenvalue weighted by molar-refractivity contribution is 5.68. The molecule has 0 spiro atoms. The van der Waals surface area contributed by atoms with E-state index >= 15 is 0 Å². The maximum absolute atomic E-state index is 12.0. The summed E-state index contributed by atoms with van der Waals surface area (Å²) in [4.78, 5) is 13.9. The van der Waals surface area contributed by atoms with Crippen LogP contribution in [0.3, 0.4) is 0 Å². The van der Waals surface area contributed by atoms with Crippen LogP contribution in [0, 0.1) is 12.8 Å². The molecule has 0 atom stereocenters. The van der Waals surface area contributed by atoms with Crippen molar-refractivity contribution in [2.24, 2.45) is 5.92 Å². The topological polar surface area (TPSA) is 70.2 Å². The van der Waals surface area contributed by atoms with Crippen molar-refractivity contribution in [2.45, 2.75) is 59.0 Å². The van der Waals surface area contributed by atoms with Crippen LogP contribution in [-0.2, 0) is 11.2 Å². The van der Waals surface area contributed by atoms with E-state index < -0.39 is 5.60 Å². The molecule has 1 aromatic rings. The zero-order valence-corrected chi connectivity index (χ0v) is 15.5. The van der Waals surface area contributed by atoms with E-state index in [-0.39, 0.29) is 6.09 Å². The van der Waals surface area contributed by atoms with E-state index in [9.17, 15) is 4.79 Å². The molecule has 2 N–H and O–H groups in total. The first kappa shape index (κ1) is 18.8. The van der Waals surface area contributed by atoms with Crippen molar-refractivity contribution < 1.29 is 9.53 Å². The Kier molecular flexibility index (Phi) is 6.66. The van der Waals surface area contributed by atoms with Crippen LogP contribution in [0.4, 0.5) is 4.79 Å². The molecule has 6 nitrogen and oxygen atoms in total. The molecule has 1 aliphatic heterocycles. The Balaban J connectivity index is 1.56. The Hall–Kier alpha value is -1.56. The highest BCUT2D eigenvalue weighted by atomic mass is 16.6. The summed E-state index contributed by atoms with van der Waals surface area (Å²) in [6, 6.07) is 0. The van der Waals surface area contributed by atoms with Crippen LogP contribution in [0.15, 0.2) is 6.20 Å². The number of piperidine rings is 1. The maximum atomic E-state index is 12.0. The number of likely N-dealkylation sites (tertiary alicyclic amines) is 1. The maximum Gasteiger partial charge on any atom is 0.410 e. The van der Waals surface area contributed by atoms with Gasteiger partial charge in [-0.25, -0.2) is 4.79 Å². The van der Waals surface area contributed by atoms with Crippen molar-refractivity contribution in [2.75, 3.05) is 26.2 Å². The number of ether oxygens (including phenoxy) is 1. The second kappa shape index (κ2) is 8.51. The normalized spacial score (nSPS) is 16.4. The minimum Gasteiger partial charge on any atom is -0.444 e. The van der Waals surface area contributed by atoms with Crippen molar-refractivity contribution in [3.8, 4) is 0 Å². The molecule has 0 aliphatic carbocycles. The molecule has 0 aromatic carbocycles. The van der Waals surface area contributed by atoms with Crippen LogP contribution in [0.25, 0.3) is 0 Å². The zero-order valence-electron chi connectivity index (χ0n) is 15.5. The standard InChI is InChI=1S/C18H32N4O2/c1-14-16(13-20-21-14)6-5-9-19-12-15-7-10-22(11-8-15)17(23)24-18(2,3)4/h13,15,19H,5-12H2,1-4H3,(H,20,21). The monoisotopic (exact) mass is 336 g/mol. The second-order valence-corrected chi connectivity index (χ2v) is 7.74. The lowest BCUT2D eigenvalue weighted by molar-refractivity contribution is 0.0184. The molecule has 1 amide bonds. The third kappa shape index (κ3) is 6.15. The minimum absolute atomic E-state index is 0.176. The third-order valence-corrected chi connectivity index (χ3v) is 4.43. The molecular formula is C18H32N4O2. The molecule has 1 fully saturated rings. The molecule has 6 heteroatoms. The summed E-state index contributed by atoms with van der Waals surface area (Å²) in [5.41, 5.74) is 2.06. The quantitative estimate of drug-likeness (QED) is 0.784. The highest BCUT2D eigenvalue weighted by Gasteiger charge is 2.26. The number of hydrogen-bond acceptors (Lipinski definition) is 4. The Morgan fingerprint density at radius 1 is 1.42 bits per heavy atom. The van der Waals surface area contributed by atoms with Gasteiger partial charge < -0.3 is 15.0 Å². The van der Waals surface area contributed by atoms with Gasteiger partial charge in [0.15, 0.2) is 0 Å². The van der Waals surface area contributed by atoms with E-state index in [0.717, 1.165) is 51.9 Å². The summed E-state index contributed by atoms with van der Waals surface area (Å²) in [5.74, 6) is 0.652. The number of nitrogens with zero attached hydrogens (tertiary/aromatic N) is 2. The summed E-state index contributed by atoms with van der Waals surface area (Å²) < 4.78 is 5.43. The molecule has 0 bridgehead atoms. The first-order chi connectivity index (χ1) is 11.3. The number of carbonyl (C=O) groups is 1. The average Bonchev–Trinajstić information content (AvgIpc) is 2.91. The lowest BCUT2D eigenvalue weighted by Gasteiger charge is -2.33. The van der Waals surface area contributed by atoms with Crippen LogP contribution >= 0.6 is 0 Å². The molecule has 1 aromatic heterocycles. The Labute approximate surface area is 145 Å². The summed E-state index contributed by atoms with van der Waals surface area (Å²) in [7, 11) is 0. The fourth-order valence-electron chi connectivity index (χ4n) is 2.98. The molecule has 2 rings (SSSR count). The summed E-state index contributed by atoms with van der Waals surface area (Å²) in [5, 5.41) is 10.6. The van der Waals surface area contributed by atoms with Crippen LogP contribution in [-0.4, -0.2) is 53.0 Å². The fourth-order valence-corrected chi connectivity index (χ4v) is 2.98. The van der Waals surface area contributed by atoms with E-state index in [4.69, 9.17) is 4.74 Å². The van der Waals surface area contributed by atoms with E-state index in [1.165, 1.54) is 11.3 Å². The molecule has 0 radical (unpaired) electrons. The number of carbonyl (C=O) groups excluding carboxylic acids is 1. The van der Waals surface area contributed by atoms with Gasteiger partial charge in [0, 0.05) is 18.8 Å². The first-order valence-corrected chi connectivity index (χ1v) is 9.02. The lowest BCUT2D eigenvalue weighted by atomic mass is 9.97. The molecule has 2 heterocycles. The number of aromatic amines is 1. The van der Waals surface area contributed by atoms with Crippen LogP contribution in [0.2, 0.25) is 0 Å². The van der Waals surface area contributed by atoms with Gasteiger partial charge in [-0.05, 0) is 77.9 Å². The van der Waals surface area contributed by atoms with Gasteiger partial charge in [0.1, 0.15) is 5.60 Å². The molecular weight excluding hydrogens is 304 g/mol. The van der Waals surface area contributed by atoms with Gasteiger partial charge in [0.05, 0.1) is 6.20 Å². The first-order valence-electron chi connectivity index (χ1n) is 9.02. The largest absolute Gasteiger partial charge is 0.444 e. The number of aryl methyl sites for hydroxylation is 2. The third-order valence-electron chi connectivity index (χ3n) is 4.43. The van der Waals surface area contributed by atoms with Crippen molar-refractivity contribution in [1.29, 1.82) is 0 Å².